The standard InChI is InChI=1S/C10H21FN2/c1-12-6-3-8-13-7-2-4-10(11)5-9-13/h10,12H,2-9H2,1H3. The van der Waals surface area contributed by atoms with Crippen LogP contribution in [0.5, 0.6) is 0 Å². The van der Waals surface area contributed by atoms with Crippen LogP contribution in [0, 0.1) is 0 Å². The molecule has 0 bridgehead atoms. The molecule has 0 radical (unpaired) electrons. The molecule has 1 heterocycles. The summed E-state index contributed by atoms with van der Waals surface area (Å²) < 4.78 is 13.0. The highest BCUT2D eigenvalue weighted by molar-refractivity contribution is 4.69. The molecular weight excluding hydrogens is 167 g/mol. The van der Waals surface area contributed by atoms with Crippen LogP contribution in [0.25, 0.3) is 0 Å². The van der Waals surface area contributed by atoms with Gasteiger partial charge >= 0.3 is 0 Å². The van der Waals surface area contributed by atoms with Crippen molar-refractivity contribution in [2.45, 2.75) is 31.9 Å². The predicted octanol–water partition coefficient (Wildman–Crippen LogP) is 1.42. The maximum Gasteiger partial charge on any atom is 0.101 e. The van der Waals surface area contributed by atoms with Crippen molar-refractivity contribution in [3.8, 4) is 0 Å². The van der Waals surface area contributed by atoms with Crippen LogP contribution in [0.15, 0.2) is 0 Å². The molecular formula is C10H21FN2. The van der Waals surface area contributed by atoms with E-state index >= 15 is 0 Å². The minimum atomic E-state index is -0.547. The maximum absolute atomic E-state index is 13.0. The lowest BCUT2D eigenvalue weighted by molar-refractivity contribution is 0.261. The molecule has 0 saturated carbocycles. The zero-order valence-corrected chi connectivity index (χ0v) is 8.56. The number of halogens is 1. The molecule has 1 aliphatic rings. The largest absolute Gasteiger partial charge is 0.320 e. The van der Waals surface area contributed by atoms with Gasteiger partial charge in [0, 0.05) is 6.54 Å². The molecule has 0 aromatic heterocycles. The number of nitrogens with zero attached hydrogens (tertiary/aromatic N) is 1. The fourth-order valence-electron chi connectivity index (χ4n) is 1.82. The number of hydrogen-bond acceptors (Lipinski definition) is 2. The van der Waals surface area contributed by atoms with Crippen LogP contribution in [-0.4, -0.2) is 44.3 Å². The van der Waals surface area contributed by atoms with Crippen molar-refractivity contribution in [2.24, 2.45) is 0 Å². The van der Waals surface area contributed by atoms with Gasteiger partial charge in [0.05, 0.1) is 0 Å². The maximum atomic E-state index is 13.0. The summed E-state index contributed by atoms with van der Waals surface area (Å²) in [5.41, 5.74) is 0. The number of alkyl halides is 1. The van der Waals surface area contributed by atoms with E-state index in [1.807, 2.05) is 7.05 Å². The molecule has 1 aliphatic heterocycles. The van der Waals surface area contributed by atoms with Gasteiger partial charge in [-0.15, -0.1) is 0 Å². The topological polar surface area (TPSA) is 15.3 Å². The van der Waals surface area contributed by atoms with Crippen molar-refractivity contribution in [3.05, 3.63) is 0 Å². The zero-order chi connectivity index (χ0) is 9.52. The molecule has 0 aromatic rings. The summed E-state index contributed by atoms with van der Waals surface area (Å²) in [6.07, 6.45) is 3.16. The summed E-state index contributed by atoms with van der Waals surface area (Å²) in [6.45, 7) is 4.22. The minimum Gasteiger partial charge on any atom is -0.320 e. The van der Waals surface area contributed by atoms with Gasteiger partial charge in [0.25, 0.3) is 0 Å². The molecule has 0 spiro atoms. The minimum absolute atomic E-state index is 0.547. The lowest BCUT2D eigenvalue weighted by Crippen LogP contribution is -2.28. The Hall–Kier alpha value is -0.150. The van der Waals surface area contributed by atoms with Gasteiger partial charge in [-0.1, -0.05) is 0 Å². The monoisotopic (exact) mass is 188 g/mol. The van der Waals surface area contributed by atoms with Crippen molar-refractivity contribution in [2.75, 3.05) is 33.2 Å². The van der Waals surface area contributed by atoms with Crippen LogP contribution in [0.1, 0.15) is 25.7 Å². The summed E-state index contributed by atoms with van der Waals surface area (Å²) in [7, 11) is 1.97. The molecule has 78 valence electrons. The summed E-state index contributed by atoms with van der Waals surface area (Å²) in [4.78, 5) is 2.39. The van der Waals surface area contributed by atoms with E-state index in [4.69, 9.17) is 0 Å². The Morgan fingerprint density at radius 1 is 1.38 bits per heavy atom. The first-order valence-corrected chi connectivity index (χ1v) is 5.34. The fraction of sp³-hybridized carbons (Fsp3) is 1.00. The molecule has 0 aliphatic carbocycles. The highest BCUT2D eigenvalue weighted by atomic mass is 19.1. The Morgan fingerprint density at radius 2 is 2.23 bits per heavy atom. The fourth-order valence-corrected chi connectivity index (χ4v) is 1.82. The van der Waals surface area contributed by atoms with Crippen molar-refractivity contribution in [1.29, 1.82) is 0 Å². The van der Waals surface area contributed by atoms with Gasteiger partial charge in [-0.3, -0.25) is 0 Å². The van der Waals surface area contributed by atoms with Crippen LogP contribution < -0.4 is 5.32 Å². The average molecular weight is 188 g/mol. The second kappa shape index (κ2) is 6.33. The van der Waals surface area contributed by atoms with E-state index in [-0.39, 0.29) is 0 Å². The van der Waals surface area contributed by atoms with E-state index in [2.05, 4.69) is 10.2 Å². The lowest BCUT2D eigenvalue weighted by atomic mass is 10.2. The van der Waals surface area contributed by atoms with Crippen LogP contribution in [0.4, 0.5) is 4.39 Å². The predicted molar refractivity (Wildman–Crippen MR) is 53.7 cm³/mol. The normalized spacial score (nSPS) is 25.8. The lowest BCUT2D eigenvalue weighted by Gasteiger charge is -2.19. The van der Waals surface area contributed by atoms with E-state index in [1.54, 1.807) is 0 Å². The highest BCUT2D eigenvalue weighted by Gasteiger charge is 2.14. The van der Waals surface area contributed by atoms with Gasteiger partial charge in [-0.25, -0.2) is 4.39 Å². The third kappa shape index (κ3) is 4.58. The van der Waals surface area contributed by atoms with E-state index in [0.717, 1.165) is 45.4 Å². The number of nitrogens with one attached hydrogen (secondary N) is 1. The Kier molecular flexibility index (Phi) is 5.32. The molecule has 2 nitrogen and oxygen atoms in total. The summed E-state index contributed by atoms with van der Waals surface area (Å²) >= 11 is 0. The van der Waals surface area contributed by atoms with E-state index in [0.29, 0.717) is 0 Å². The Balaban J connectivity index is 2.11. The second-order valence-electron chi connectivity index (χ2n) is 3.83. The van der Waals surface area contributed by atoms with Crippen molar-refractivity contribution < 1.29 is 4.39 Å². The van der Waals surface area contributed by atoms with Gasteiger partial charge in [0.1, 0.15) is 6.17 Å². The molecule has 1 atom stereocenters. The van der Waals surface area contributed by atoms with Crippen LogP contribution >= 0.6 is 0 Å². The first kappa shape index (κ1) is 10.9. The molecule has 1 rings (SSSR count). The average Bonchev–Trinajstić information content (AvgIpc) is 2.32. The summed E-state index contributed by atoms with van der Waals surface area (Å²) in [5, 5.41) is 3.13. The molecule has 0 amide bonds. The quantitative estimate of drug-likeness (QED) is 0.671. The number of hydrogen-bond donors (Lipinski definition) is 1. The van der Waals surface area contributed by atoms with Crippen LogP contribution in [0.2, 0.25) is 0 Å². The van der Waals surface area contributed by atoms with Gasteiger partial charge in [-0.05, 0) is 52.4 Å². The van der Waals surface area contributed by atoms with Gasteiger partial charge in [0.15, 0.2) is 0 Å². The Morgan fingerprint density at radius 3 is 3.00 bits per heavy atom. The SMILES string of the molecule is CNCCCN1CCCC(F)CC1. The van der Waals surface area contributed by atoms with Gasteiger partial charge in [0.2, 0.25) is 0 Å². The van der Waals surface area contributed by atoms with Gasteiger partial charge in [-0.2, -0.15) is 0 Å². The van der Waals surface area contributed by atoms with Crippen molar-refractivity contribution in [3.63, 3.8) is 0 Å². The first-order valence-electron chi connectivity index (χ1n) is 5.34. The Bertz CT molecular complexity index is 130. The first-order chi connectivity index (χ1) is 6.33. The summed E-state index contributed by atoms with van der Waals surface area (Å²) in [6, 6.07) is 0. The molecule has 1 saturated heterocycles. The van der Waals surface area contributed by atoms with E-state index in [1.165, 1.54) is 6.42 Å². The molecule has 3 heteroatoms. The number of rotatable bonds is 4. The Labute approximate surface area is 80.5 Å². The van der Waals surface area contributed by atoms with Crippen molar-refractivity contribution >= 4 is 0 Å². The van der Waals surface area contributed by atoms with Crippen molar-refractivity contribution in [1.82, 2.24) is 10.2 Å². The highest BCUT2D eigenvalue weighted by Crippen LogP contribution is 2.13. The summed E-state index contributed by atoms with van der Waals surface area (Å²) in [5.74, 6) is 0. The molecule has 1 N–H and O–H groups in total. The van der Waals surface area contributed by atoms with E-state index in [9.17, 15) is 4.39 Å². The third-order valence-corrected chi connectivity index (χ3v) is 2.65. The molecule has 0 aromatic carbocycles. The van der Waals surface area contributed by atoms with E-state index < -0.39 is 6.17 Å². The second-order valence-corrected chi connectivity index (χ2v) is 3.83. The zero-order valence-electron chi connectivity index (χ0n) is 8.56. The smallest absolute Gasteiger partial charge is 0.101 e. The van der Waals surface area contributed by atoms with Gasteiger partial charge < -0.3 is 10.2 Å². The molecule has 1 unspecified atom stereocenters. The third-order valence-electron chi connectivity index (χ3n) is 2.65. The molecule has 13 heavy (non-hydrogen) atoms. The molecule has 1 fully saturated rings. The number of likely N-dealkylation sites (tertiary alicyclic amines) is 1. The van der Waals surface area contributed by atoms with Crippen LogP contribution in [-0.2, 0) is 0 Å². The van der Waals surface area contributed by atoms with Crippen LogP contribution in [0.3, 0.4) is 0 Å².